The van der Waals surface area contributed by atoms with E-state index in [4.69, 9.17) is 10.5 Å². The van der Waals surface area contributed by atoms with Gasteiger partial charge in [-0.2, -0.15) is 0 Å². The van der Waals surface area contributed by atoms with Crippen LogP contribution in [0.5, 0.6) is 0 Å². The number of hydrogen-bond acceptors (Lipinski definition) is 4. The van der Waals surface area contributed by atoms with Crippen LogP contribution in [0.25, 0.3) is 0 Å². The molecule has 2 aliphatic rings. The van der Waals surface area contributed by atoms with Crippen molar-refractivity contribution in [3.05, 3.63) is 30.1 Å². The SMILES string of the molecule is NCC(C1CCOC1)N1CCN(c2ccccc2F)CC1. The molecule has 2 aliphatic heterocycles. The molecule has 21 heavy (non-hydrogen) atoms. The Balaban J connectivity index is 1.60. The predicted molar refractivity (Wildman–Crippen MR) is 82.0 cm³/mol. The molecule has 0 saturated carbocycles. The van der Waals surface area contributed by atoms with Crippen LogP contribution in [0.2, 0.25) is 0 Å². The summed E-state index contributed by atoms with van der Waals surface area (Å²) in [4.78, 5) is 4.58. The number of halogens is 1. The summed E-state index contributed by atoms with van der Waals surface area (Å²) in [6, 6.07) is 7.41. The van der Waals surface area contributed by atoms with Crippen molar-refractivity contribution >= 4 is 5.69 Å². The number of hydrogen-bond donors (Lipinski definition) is 1. The number of rotatable bonds is 4. The Bertz CT molecular complexity index is 457. The third-order valence-corrected chi connectivity index (χ3v) is 4.73. The third-order valence-electron chi connectivity index (χ3n) is 4.73. The molecule has 2 atom stereocenters. The van der Waals surface area contributed by atoms with E-state index < -0.39 is 0 Å². The van der Waals surface area contributed by atoms with Gasteiger partial charge in [-0.25, -0.2) is 4.39 Å². The van der Waals surface area contributed by atoms with Crippen molar-refractivity contribution in [2.24, 2.45) is 11.7 Å². The Morgan fingerprint density at radius 3 is 2.62 bits per heavy atom. The van der Waals surface area contributed by atoms with E-state index in [1.165, 1.54) is 6.07 Å². The largest absolute Gasteiger partial charge is 0.381 e. The van der Waals surface area contributed by atoms with Gasteiger partial charge in [-0.3, -0.25) is 4.90 Å². The minimum absolute atomic E-state index is 0.134. The number of para-hydroxylation sites is 1. The fourth-order valence-corrected chi connectivity index (χ4v) is 3.50. The fourth-order valence-electron chi connectivity index (χ4n) is 3.50. The number of piperazine rings is 1. The van der Waals surface area contributed by atoms with Crippen molar-refractivity contribution in [2.75, 3.05) is 50.8 Å². The Morgan fingerprint density at radius 2 is 2.00 bits per heavy atom. The highest BCUT2D eigenvalue weighted by atomic mass is 19.1. The average molecular weight is 293 g/mol. The zero-order chi connectivity index (χ0) is 14.7. The third kappa shape index (κ3) is 3.20. The molecule has 116 valence electrons. The van der Waals surface area contributed by atoms with E-state index in [0.29, 0.717) is 24.2 Å². The van der Waals surface area contributed by atoms with Gasteiger partial charge in [0.1, 0.15) is 5.82 Å². The highest BCUT2D eigenvalue weighted by molar-refractivity contribution is 5.48. The average Bonchev–Trinajstić information content (AvgIpc) is 3.04. The molecule has 5 heteroatoms. The van der Waals surface area contributed by atoms with Crippen LogP contribution >= 0.6 is 0 Å². The molecule has 0 bridgehead atoms. The summed E-state index contributed by atoms with van der Waals surface area (Å²) in [6.07, 6.45) is 1.11. The van der Waals surface area contributed by atoms with E-state index in [0.717, 1.165) is 45.8 Å². The molecular formula is C16H24FN3O. The van der Waals surface area contributed by atoms with Crippen LogP contribution in [0.1, 0.15) is 6.42 Å². The van der Waals surface area contributed by atoms with Gasteiger partial charge in [0, 0.05) is 51.3 Å². The minimum Gasteiger partial charge on any atom is -0.381 e. The van der Waals surface area contributed by atoms with E-state index >= 15 is 0 Å². The Hall–Kier alpha value is -1.17. The Kier molecular flexibility index (Phi) is 4.73. The van der Waals surface area contributed by atoms with Crippen LogP contribution in [-0.4, -0.2) is 56.9 Å². The lowest BCUT2D eigenvalue weighted by molar-refractivity contribution is 0.116. The topological polar surface area (TPSA) is 41.7 Å². The second-order valence-corrected chi connectivity index (χ2v) is 5.90. The predicted octanol–water partition coefficient (Wildman–Crippen LogP) is 1.31. The lowest BCUT2D eigenvalue weighted by Gasteiger charge is -2.41. The lowest BCUT2D eigenvalue weighted by Crippen LogP contribution is -2.55. The van der Waals surface area contributed by atoms with E-state index in [2.05, 4.69) is 9.80 Å². The molecule has 1 aromatic rings. The zero-order valence-corrected chi connectivity index (χ0v) is 12.4. The number of nitrogens with zero attached hydrogens (tertiary/aromatic N) is 2. The molecule has 1 aromatic carbocycles. The molecule has 3 rings (SSSR count). The van der Waals surface area contributed by atoms with Gasteiger partial charge in [0.2, 0.25) is 0 Å². The molecule has 2 saturated heterocycles. The first kappa shape index (κ1) is 14.8. The van der Waals surface area contributed by atoms with Crippen LogP contribution in [-0.2, 0) is 4.74 Å². The highest BCUT2D eigenvalue weighted by Gasteiger charge is 2.31. The summed E-state index contributed by atoms with van der Waals surface area (Å²) in [5, 5.41) is 0. The first-order chi connectivity index (χ1) is 10.3. The van der Waals surface area contributed by atoms with E-state index in [1.807, 2.05) is 12.1 Å². The Morgan fingerprint density at radius 1 is 1.24 bits per heavy atom. The van der Waals surface area contributed by atoms with Crippen molar-refractivity contribution in [1.29, 1.82) is 0 Å². The van der Waals surface area contributed by atoms with Gasteiger partial charge in [0.25, 0.3) is 0 Å². The molecule has 0 aromatic heterocycles. The van der Waals surface area contributed by atoms with Gasteiger partial charge in [-0.15, -0.1) is 0 Å². The van der Waals surface area contributed by atoms with Crippen molar-refractivity contribution in [3.8, 4) is 0 Å². The zero-order valence-electron chi connectivity index (χ0n) is 12.4. The molecule has 2 fully saturated rings. The maximum atomic E-state index is 13.8. The molecule has 4 nitrogen and oxygen atoms in total. The minimum atomic E-state index is -0.134. The van der Waals surface area contributed by atoms with Crippen LogP contribution in [0.4, 0.5) is 10.1 Å². The molecule has 2 heterocycles. The van der Waals surface area contributed by atoms with Crippen molar-refractivity contribution < 1.29 is 9.13 Å². The summed E-state index contributed by atoms with van der Waals surface area (Å²) in [5.74, 6) is 0.417. The van der Waals surface area contributed by atoms with Gasteiger partial charge in [-0.05, 0) is 18.6 Å². The van der Waals surface area contributed by atoms with Crippen LogP contribution in [0.15, 0.2) is 24.3 Å². The highest BCUT2D eigenvalue weighted by Crippen LogP contribution is 2.24. The van der Waals surface area contributed by atoms with Gasteiger partial charge in [-0.1, -0.05) is 12.1 Å². The first-order valence-electron chi connectivity index (χ1n) is 7.81. The second kappa shape index (κ2) is 6.73. The maximum Gasteiger partial charge on any atom is 0.146 e. The standard InChI is InChI=1S/C16H24FN3O/c17-14-3-1-2-4-15(14)19-6-8-20(9-7-19)16(11-18)13-5-10-21-12-13/h1-4,13,16H,5-12,18H2. The number of benzene rings is 1. The molecule has 0 aliphatic carbocycles. The summed E-state index contributed by atoms with van der Waals surface area (Å²) < 4.78 is 19.3. The molecule has 0 radical (unpaired) electrons. The van der Waals surface area contributed by atoms with E-state index in [-0.39, 0.29) is 5.82 Å². The monoisotopic (exact) mass is 293 g/mol. The fraction of sp³-hybridized carbons (Fsp3) is 0.625. The smallest absolute Gasteiger partial charge is 0.146 e. The summed E-state index contributed by atoms with van der Waals surface area (Å²) in [7, 11) is 0. The van der Waals surface area contributed by atoms with E-state index in [1.54, 1.807) is 6.07 Å². The van der Waals surface area contributed by atoms with Gasteiger partial charge in [0.05, 0.1) is 12.3 Å². The van der Waals surface area contributed by atoms with Crippen molar-refractivity contribution in [1.82, 2.24) is 4.90 Å². The van der Waals surface area contributed by atoms with Gasteiger partial charge in [0.15, 0.2) is 0 Å². The van der Waals surface area contributed by atoms with Crippen LogP contribution in [0, 0.1) is 11.7 Å². The summed E-state index contributed by atoms with van der Waals surface area (Å²) >= 11 is 0. The Labute approximate surface area is 125 Å². The van der Waals surface area contributed by atoms with Crippen molar-refractivity contribution in [2.45, 2.75) is 12.5 Å². The van der Waals surface area contributed by atoms with Crippen molar-refractivity contribution in [3.63, 3.8) is 0 Å². The molecule has 2 unspecified atom stereocenters. The number of nitrogens with two attached hydrogens (primary N) is 1. The first-order valence-corrected chi connectivity index (χ1v) is 7.81. The molecular weight excluding hydrogens is 269 g/mol. The normalized spacial score (nSPS) is 25.2. The summed E-state index contributed by atoms with van der Waals surface area (Å²) in [5.41, 5.74) is 6.70. The van der Waals surface area contributed by atoms with Gasteiger partial charge >= 0.3 is 0 Å². The van der Waals surface area contributed by atoms with Crippen LogP contribution < -0.4 is 10.6 Å². The summed E-state index contributed by atoms with van der Waals surface area (Å²) in [6.45, 7) is 5.94. The van der Waals surface area contributed by atoms with E-state index in [9.17, 15) is 4.39 Å². The lowest BCUT2D eigenvalue weighted by atomic mass is 9.97. The molecule has 0 spiro atoms. The number of anilines is 1. The molecule has 2 N–H and O–H groups in total. The maximum absolute atomic E-state index is 13.8. The van der Waals surface area contributed by atoms with Crippen LogP contribution in [0.3, 0.4) is 0 Å². The number of ether oxygens (including phenoxy) is 1. The molecule has 0 amide bonds. The van der Waals surface area contributed by atoms with Gasteiger partial charge < -0.3 is 15.4 Å². The second-order valence-electron chi connectivity index (χ2n) is 5.90. The quantitative estimate of drug-likeness (QED) is 0.909.